The third kappa shape index (κ3) is 5.70. The summed E-state index contributed by atoms with van der Waals surface area (Å²) in [5, 5.41) is 2.74. The Balaban J connectivity index is 2.21. The van der Waals surface area contributed by atoms with Crippen molar-refractivity contribution >= 4 is 21.6 Å². The average molecular weight is 391 g/mol. The lowest BCUT2D eigenvalue weighted by Gasteiger charge is -2.13. The van der Waals surface area contributed by atoms with E-state index in [-0.39, 0.29) is 22.4 Å². The number of aryl methyl sites for hydroxylation is 1. The summed E-state index contributed by atoms with van der Waals surface area (Å²) < 4.78 is 33.1. The Hall–Kier alpha value is -2.58. The molecule has 27 heavy (non-hydrogen) atoms. The van der Waals surface area contributed by atoms with Gasteiger partial charge in [0.25, 0.3) is 15.9 Å². The summed E-state index contributed by atoms with van der Waals surface area (Å²) in [7, 11) is -2.31. The van der Waals surface area contributed by atoms with Gasteiger partial charge in [-0.2, -0.15) is 0 Å². The molecule has 0 aliphatic carbocycles. The fourth-order valence-corrected chi connectivity index (χ4v) is 3.75. The Morgan fingerprint density at radius 1 is 1.19 bits per heavy atom. The summed E-state index contributed by atoms with van der Waals surface area (Å²) in [6.07, 6.45) is 0.641. The molecule has 2 rings (SSSR count). The predicted octanol–water partition coefficient (Wildman–Crippen LogP) is 2.27. The Morgan fingerprint density at radius 2 is 1.85 bits per heavy atom. The SMILES string of the molecule is COc1ccc(NS(=O)(=O)c2cc(C(=O)NCCC(C)N)ccc2C)cc1. The molecule has 0 bridgehead atoms. The molecule has 0 spiro atoms. The van der Waals surface area contributed by atoms with Crippen molar-refractivity contribution in [3.63, 3.8) is 0 Å². The highest BCUT2D eigenvalue weighted by atomic mass is 32.2. The lowest BCUT2D eigenvalue weighted by atomic mass is 10.1. The number of methoxy groups -OCH3 is 1. The summed E-state index contributed by atoms with van der Waals surface area (Å²) in [5.74, 6) is 0.288. The molecule has 0 aromatic heterocycles. The zero-order valence-corrected chi connectivity index (χ0v) is 16.5. The number of carbonyl (C=O) groups excluding carboxylic acids is 1. The van der Waals surface area contributed by atoms with E-state index in [1.165, 1.54) is 13.2 Å². The number of sulfonamides is 1. The maximum absolute atomic E-state index is 12.8. The highest BCUT2D eigenvalue weighted by Gasteiger charge is 2.19. The number of rotatable bonds is 8. The standard InChI is InChI=1S/C19H25N3O4S/c1-13-4-5-15(19(23)21-11-10-14(2)20)12-18(13)27(24,25)22-16-6-8-17(26-3)9-7-16/h4-9,12,14,22H,10-11,20H2,1-3H3,(H,21,23). The fourth-order valence-electron chi connectivity index (χ4n) is 2.42. The molecule has 0 aliphatic heterocycles. The topological polar surface area (TPSA) is 111 Å². The molecule has 0 saturated heterocycles. The molecule has 1 amide bonds. The number of anilines is 1. The molecule has 0 fully saturated rings. The van der Waals surface area contributed by atoms with E-state index in [1.807, 2.05) is 6.92 Å². The van der Waals surface area contributed by atoms with E-state index < -0.39 is 10.0 Å². The van der Waals surface area contributed by atoms with Crippen molar-refractivity contribution in [2.24, 2.45) is 5.73 Å². The highest BCUT2D eigenvalue weighted by Crippen LogP contribution is 2.22. The normalized spacial score (nSPS) is 12.3. The van der Waals surface area contributed by atoms with Gasteiger partial charge in [0.15, 0.2) is 0 Å². The maximum atomic E-state index is 12.8. The molecule has 0 saturated carbocycles. The Kier molecular flexibility index (Phi) is 6.81. The second-order valence-electron chi connectivity index (χ2n) is 6.34. The second-order valence-corrected chi connectivity index (χ2v) is 7.99. The van der Waals surface area contributed by atoms with Crippen LogP contribution in [0.3, 0.4) is 0 Å². The second kappa shape index (κ2) is 8.88. The van der Waals surface area contributed by atoms with Gasteiger partial charge in [-0.05, 0) is 62.2 Å². The number of nitrogens with two attached hydrogens (primary N) is 1. The van der Waals surface area contributed by atoms with Crippen LogP contribution < -0.4 is 20.5 Å². The summed E-state index contributed by atoms with van der Waals surface area (Å²) >= 11 is 0. The minimum atomic E-state index is -3.84. The molecule has 7 nitrogen and oxygen atoms in total. The molecule has 8 heteroatoms. The van der Waals surface area contributed by atoms with Crippen molar-refractivity contribution in [1.82, 2.24) is 5.32 Å². The van der Waals surface area contributed by atoms with Crippen LogP contribution in [0.15, 0.2) is 47.4 Å². The number of nitrogens with one attached hydrogen (secondary N) is 2. The van der Waals surface area contributed by atoms with Gasteiger partial charge < -0.3 is 15.8 Å². The number of hydrogen-bond donors (Lipinski definition) is 3. The van der Waals surface area contributed by atoms with E-state index >= 15 is 0 Å². The molecule has 4 N–H and O–H groups in total. The van der Waals surface area contributed by atoms with E-state index in [9.17, 15) is 13.2 Å². The van der Waals surface area contributed by atoms with Crippen LogP contribution in [0.1, 0.15) is 29.3 Å². The van der Waals surface area contributed by atoms with Crippen LogP contribution in [-0.4, -0.2) is 34.0 Å². The molecule has 146 valence electrons. The van der Waals surface area contributed by atoms with Gasteiger partial charge in [-0.15, -0.1) is 0 Å². The minimum Gasteiger partial charge on any atom is -0.497 e. The smallest absolute Gasteiger partial charge is 0.262 e. The van der Waals surface area contributed by atoms with Crippen molar-refractivity contribution in [2.75, 3.05) is 18.4 Å². The van der Waals surface area contributed by atoms with E-state index in [0.29, 0.717) is 30.0 Å². The number of ether oxygens (including phenoxy) is 1. The molecule has 0 aliphatic rings. The Bertz CT molecular complexity index is 894. The summed E-state index contributed by atoms with van der Waals surface area (Å²) in [4.78, 5) is 12.3. The first-order valence-corrected chi connectivity index (χ1v) is 10.0. The van der Waals surface area contributed by atoms with Gasteiger partial charge in [0, 0.05) is 23.8 Å². The van der Waals surface area contributed by atoms with Crippen molar-refractivity contribution in [1.29, 1.82) is 0 Å². The lowest BCUT2D eigenvalue weighted by molar-refractivity contribution is 0.0952. The molecule has 0 heterocycles. The van der Waals surface area contributed by atoms with Crippen LogP contribution in [0, 0.1) is 6.92 Å². The van der Waals surface area contributed by atoms with Crippen molar-refractivity contribution < 1.29 is 17.9 Å². The Morgan fingerprint density at radius 3 is 2.44 bits per heavy atom. The van der Waals surface area contributed by atoms with Crippen molar-refractivity contribution in [2.45, 2.75) is 31.2 Å². The van der Waals surface area contributed by atoms with Crippen molar-refractivity contribution in [3.8, 4) is 5.75 Å². The fraction of sp³-hybridized carbons (Fsp3) is 0.316. The van der Waals surface area contributed by atoms with Gasteiger partial charge in [-0.3, -0.25) is 9.52 Å². The summed E-state index contributed by atoms with van der Waals surface area (Å²) in [5.41, 5.74) is 6.89. The van der Waals surface area contributed by atoms with Crippen LogP contribution in [0.5, 0.6) is 5.75 Å². The summed E-state index contributed by atoms with van der Waals surface area (Å²) in [6, 6.07) is 11.1. The molecule has 2 aromatic rings. The van der Waals surface area contributed by atoms with Crippen LogP contribution in [0.2, 0.25) is 0 Å². The molecule has 1 unspecified atom stereocenters. The lowest BCUT2D eigenvalue weighted by Crippen LogP contribution is -2.29. The number of carbonyl (C=O) groups is 1. The van der Waals surface area contributed by atoms with Crippen LogP contribution in [0.4, 0.5) is 5.69 Å². The van der Waals surface area contributed by atoms with Gasteiger partial charge in [-0.1, -0.05) is 6.07 Å². The van der Waals surface area contributed by atoms with Crippen LogP contribution in [-0.2, 0) is 10.0 Å². The van der Waals surface area contributed by atoms with Gasteiger partial charge in [0.05, 0.1) is 12.0 Å². The largest absolute Gasteiger partial charge is 0.497 e. The average Bonchev–Trinajstić information content (AvgIpc) is 2.61. The minimum absolute atomic E-state index is 0.0204. The molecule has 2 aromatic carbocycles. The third-order valence-corrected chi connectivity index (χ3v) is 5.49. The summed E-state index contributed by atoms with van der Waals surface area (Å²) in [6.45, 7) is 3.96. The molecular formula is C19H25N3O4S. The van der Waals surface area contributed by atoms with E-state index in [1.54, 1.807) is 43.3 Å². The Labute approximate surface area is 160 Å². The van der Waals surface area contributed by atoms with E-state index in [0.717, 1.165) is 0 Å². The first kappa shape index (κ1) is 20.7. The third-order valence-electron chi connectivity index (χ3n) is 3.97. The monoisotopic (exact) mass is 391 g/mol. The van der Waals surface area contributed by atoms with Crippen LogP contribution >= 0.6 is 0 Å². The highest BCUT2D eigenvalue weighted by molar-refractivity contribution is 7.92. The predicted molar refractivity (Wildman–Crippen MR) is 106 cm³/mol. The maximum Gasteiger partial charge on any atom is 0.262 e. The van der Waals surface area contributed by atoms with Gasteiger partial charge in [0.1, 0.15) is 5.75 Å². The first-order chi connectivity index (χ1) is 12.7. The number of hydrogen-bond acceptors (Lipinski definition) is 5. The molecular weight excluding hydrogens is 366 g/mol. The quantitative estimate of drug-likeness (QED) is 0.639. The zero-order valence-electron chi connectivity index (χ0n) is 15.7. The van der Waals surface area contributed by atoms with Gasteiger partial charge in [0.2, 0.25) is 0 Å². The number of amides is 1. The number of benzene rings is 2. The zero-order chi connectivity index (χ0) is 20.0. The van der Waals surface area contributed by atoms with Crippen LogP contribution in [0.25, 0.3) is 0 Å². The van der Waals surface area contributed by atoms with Gasteiger partial charge in [-0.25, -0.2) is 8.42 Å². The molecule has 1 atom stereocenters. The van der Waals surface area contributed by atoms with E-state index in [2.05, 4.69) is 10.0 Å². The van der Waals surface area contributed by atoms with E-state index in [4.69, 9.17) is 10.5 Å². The van der Waals surface area contributed by atoms with Crippen molar-refractivity contribution in [3.05, 3.63) is 53.6 Å². The first-order valence-electron chi connectivity index (χ1n) is 8.54. The molecule has 0 radical (unpaired) electrons. The van der Waals surface area contributed by atoms with Gasteiger partial charge >= 0.3 is 0 Å².